The van der Waals surface area contributed by atoms with Gasteiger partial charge in [0.15, 0.2) is 0 Å². The van der Waals surface area contributed by atoms with E-state index in [0.717, 1.165) is 11.1 Å². The quantitative estimate of drug-likeness (QED) is 0.787. The maximum absolute atomic E-state index is 12.5. The van der Waals surface area contributed by atoms with Gasteiger partial charge in [0.05, 0.1) is 10.0 Å². The minimum atomic E-state index is -0.0867. The number of thiophene rings is 1. The normalized spacial score (nSPS) is 18.1. The Morgan fingerprint density at radius 2 is 2.05 bits per heavy atom. The van der Waals surface area contributed by atoms with E-state index in [1.54, 1.807) is 17.0 Å². The minimum Gasteiger partial charge on any atom is -0.336 e. The number of benzene rings is 1. The second-order valence-electron chi connectivity index (χ2n) is 4.81. The highest BCUT2D eigenvalue weighted by Crippen LogP contribution is 2.41. The molecule has 1 atom stereocenters. The molecule has 2 aromatic rings. The van der Waals surface area contributed by atoms with Crippen LogP contribution >= 0.6 is 58.5 Å². The first-order valence-electron chi connectivity index (χ1n) is 6.09. The van der Waals surface area contributed by atoms with Gasteiger partial charge in [0.25, 0.3) is 5.91 Å². The fraction of sp³-hybridized carbons (Fsp3) is 0.308. The second kappa shape index (κ2) is 6.49. The lowest BCUT2D eigenvalue weighted by Crippen LogP contribution is -2.31. The van der Waals surface area contributed by atoms with Crippen molar-refractivity contribution in [3.05, 3.63) is 32.1 Å². The molecule has 114 valence electrons. The van der Waals surface area contributed by atoms with Crippen LogP contribution < -0.4 is 5.73 Å². The van der Waals surface area contributed by atoms with Crippen molar-refractivity contribution in [1.29, 1.82) is 0 Å². The van der Waals surface area contributed by atoms with E-state index in [9.17, 15) is 4.79 Å². The molecule has 0 saturated carbocycles. The Morgan fingerprint density at radius 3 is 2.67 bits per heavy atom. The molecule has 2 heterocycles. The van der Waals surface area contributed by atoms with Crippen LogP contribution in [-0.4, -0.2) is 29.9 Å². The van der Waals surface area contributed by atoms with Gasteiger partial charge in [-0.3, -0.25) is 4.79 Å². The summed E-state index contributed by atoms with van der Waals surface area (Å²) < 4.78 is 0.819. The Labute approximate surface area is 147 Å². The van der Waals surface area contributed by atoms with Crippen LogP contribution in [0.15, 0.2) is 12.1 Å². The number of hydrogen-bond acceptors (Lipinski definition) is 3. The summed E-state index contributed by atoms with van der Waals surface area (Å²) in [5.74, 6) is -0.0867. The zero-order valence-electron chi connectivity index (χ0n) is 10.7. The lowest BCUT2D eigenvalue weighted by atomic mass is 10.2. The van der Waals surface area contributed by atoms with Gasteiger partial charge in [0.2, 0.25) is 0 Å². The van der Waals surface area contributed by atoms with Crippen molar-refractivity contribution in [2.75, 3.05) is 13.1 Å². The maximum atomic E-state index is 12.5. The number of carbonyl (C=O) groups excluding carboxylic acids is 1. The van der Waals surface area contributed by atoms with Gasteiger partial charge >= 0.3 is 0 Å². The highest BCUT2D eigenvalue weighted by molar-refractivity contribution is 7.21. The molecule has 1 aliphatic heterocycles. The van der Waals surface area contributed by atoms with Gasteiger partial charge in [0, 0.05) is 34.2 Å². The highest BCUT2D eigenvalue weighted by Gasteiger charge is 2.28. The van der Waals surface area contributed by atoms with Crippen LogP contribution in [0.25, 0.3) is 10.1 Å². The summed E-state index contributed by atoms with van der Waals surface area (Å²) in [5.41, 5.74) is 5.84. The molecule has 2 N–H and O–H groups in total. The third kappa shape index (κ3) is 3.11. The van der Waals surface area contributed by atoms with Gasteiger partial charge in [-0.1, -0.05) is 34.8 Å². The zero-order chi connectivity index (χ0) is 14.4. The van der Waals surface area contributed by atoms with E-state index in [-0.39, 0.29) is 24.4 Å². The lowest BCUT2D eigenvalue weighted by Gasteiger charge is -2.14. The molecule has 1 fully saturated rings. The molecule has 1 amide bonds. The predicted molar refractivity (Wildman–Crippen MR) is 92.6 cm³/mol. The maximum Gasteiger partial charge on any atom is 0.265 e. The number of nitrogens with two attached hydrogens (primary N) is 1. The molecule has 0 bridgehead atoms. The van der Waals surface area contributed by atoms with E-state index in [4.69, 9.17) is 40.5 Å². The van der Waals surface area contributed by atoms with Crippen molar-refractivity contribution in [2.45, 2.75) is 12.5 Å². The third-order valence-electron chi connectivity index (χ3n) is 3.36. The predicted octanol–water partition coefficient (Wildman–Crippen LogP) is 4.46. The summed E-state index contributed by atoms with van der Waals surface area (Å²) in [6, 6.07) is 3.45. The molecule has 1 aromatic heterocycles. The molecule has 3 nitrogen and oxygen atoms in total. The molecular weight excluding hydrogens is 374 g/mol. The van der Waals surface area contributed by atoms with Crippen molar-refractivity contribution >= 4 is 74.5 Å². The standard InChI is InChI=1S/C13H11Cl3N2OS.ClH/c14-6-3-8(15)10-9(4-6)20-12(11(10)16)13(19)18-2-1-7(17)5-18;/h3-4,7H,1-2,5,17H2;1H/t7-;/m1./s1. The molecule has 8 heteroatoms. The monoisotopic (exact) mass is 384 g/mol. The van der Waals surface area contributed by atoms with Gasteiger partial charge in [-0.05, 0) is 18.6 Å². The van der Waals surface area contributed by atoms with E-state index >= 15 is 0 Å². The van der Waals surface area contributed by atoms with Crippen LogP contribution in [-0.2, 0) is 0 Å². The first-order valence-corrected chi connectivity index (χ1v) is 8.04. The van der Waals surface area contributed by atoms with Gasteiger partial charge in [-0.2, -0.15) is 0 Å². The molecule has 21 heavy (non-hydrogen) atoms. The minimum absolute atomic E-state index is 0. The van der Waals surface area contributed by atoms with Crippen molar-refractivity contribution in [3.63, 3.8) is 0 Å². The third-order valence-corrected chi connectivity index (χ3v) is 5.49. The topological polar surface area (TPSA) is 46.3 Å². The Morgan fingerprint density at radius 1 is 1.33 bits per heavy atom. The Hall–Kier alpha value is -0.230. The van der Waals surface area contributed by atoms with Crippen LogP contribution in [0.2, 0.25) is 15.1 Å². The summed E-state index contributed by atoms with van der Waals surface area (Å²) in [6.07, 6.45) is 0.820. The second-order valence-corrected chi connectivity index (χ2v) is 7.08. The average Bonchev–Trinajstić information content (AvgIpc) is 2.93. The van der Waals surface area contributed by atoms with Gasteiger partial charge in [0.1, 0.15) is 4.88 Å². The van der Waals surface area contributed by atoms with E-state index < -0.39 is 0 Å². The molecule has 3 rings (SSSR count). The average molecular weight is 386 g/mol. The van der Waals surface area contributed by atoms with E-state index in [0.29, 0.717) is 38.4 Å². The number of carbonyl (C=O) groups is 1. The highest BCUT2D eigenvalue weighted by atomic mass is 35.5. The molecular formula is C13H12Cl4N2OS. The summed E-state index contributed by atoms with van der Waals surface area (Å²) in [5, 5.41) is 2.08. The zero-order valence-corrected chi connectivity index (χ0v) is 14.6. The molecule has 1 aromatic carbocycles. The molecule has 1 saturated heterocycles. The first-order chi connectivity index (χ1) is 9.47. The fourth-order valence-corrected chi connectivity index (χ4v) is 4.71. The SMILES string of the molecule is Cl.N[C@@H]1CCN(C(=O)c2sc3cc(Cl)cc(Cl)c3c2Cl)C1. The molecule has 0 aliphatic carbocycles. The van der Waals surface area contributed by atoms with Crippen LogP contribution in [0, 0.1) is 0 Å². The number of amides is 1. The van der Waals surface area contributed by atoms with Crippen molar-refractivity contribution in [3.8, 4) is 0 Å². The molecule has 0 spiro atoms. The first kappa shape index (κ1) is 17.1. The van der Waals surface area contributed by atoms with Gasteiger partial charge < -0.3 is 10.6 Å². The van der Waals surface area contributed by atoms with E-state index in [1.165, 1.54) is 11.3 Å². The van der Waals surface area contributed by atoms with Crippen LogP contribution in [0.3, 0.4) is 0 Å². The van der Waals surface area contributed by atoms with Crippen LogP contribution in [0.5, 0.6) is 0 Å². The Bertz CT molecular complexity index is 703. The van der Waals surface area contributed by atoms with Crippen LogP contribution in [0.4, 0.5) is 0 Å². The van der Waals surface area contributed by atoms with Gasteiger partial charge in [-0.25, -0.2) is 0 Å². The van der Waals surface area contributed by atoms with Crippen molar-refractivity contribution in [1.82, 2.24) is 4.90 Å². The number of likely N-dealkylation sites (tertiary alicyclic amines) is 1. The van der Waals surface area contributed by atoms with Crippen LogP contribution in [0.1, 0.15) is 16.1 Å². The summed E-state index contributed by atoms with van der Waals surface area (Å²) >= 11 is 19.8. The number of halogens is 4. The smallest absolute Gasteiger partial charge is 0.265 e. The summed E-state index contributed by atoms with van der Waals surface area (Å²) in [6.45, 7) is 1.23. The van der Waals surface area contributed by atoms with Crippen molar-refractivity contribution < 1.29 is 4.79 Å². The Kier molecular flexibility index (Phi) is 5.29. The fourth-order valence-electron chi connectivity index (χ4n) is 2.36. The number of fused-ring (bicyclic) bond motifs is 1. The van der Waals surface area contributed by atoms with E-state index in [1.807, 2.05) is 0 Å². The summed E-state index contributed by atoms with van der Waals surface area (Å²) in [7, 11) is 0. The molecule has 1 aliphatic rings. The molecule has 0 unspecified atom stereocenters. The van der Waals surface area contributed by atoms with Gasteiger partial charge in [-0.15, -0.1) is 23.7 Å². The number of hydrogen-bond donors (Lipinski definition) is 1. The number of nitrogens with zero attached hydrogens (tertiary/aromatic N) is 1. The van der Waals surface area contributed by atoms with E-state index in [2.05, 4.69) is 0 Å². The summed E-state index contributed by atoms with van der Waals surface area (Å²) in [4.78, 5) is 14.7. The van der Waals surface area contributed by atoms with Crippen molar-refractivity contribution in [2.24, 2.45) is 5.73 Å². The Balaban J connectivity index is 0.00000161. The largest absolute Gasteiger partial charge is 0.336 e. The lowest BCUT2D eigenvalue weighted by molar-refractivity contribution is 0.0796. The number of rotatable bonds is 1. The molecule has 0 radical (unpaired) electrons.